The fraction of sp³-hybridized carbons (Fsp3) is 0.300. The van der Waals surface area contributed by atoms with Crippen LogP contribution in [0.3, 0.4) is 0 Å². The summed E-state index contributed by atoms with van der Waals surface area (Å²) in [7, 11) is 1.82. The van der Waals surface area contributed by atoms with Crippen molar-refractivity contribution in [2.75, 3.05) is 30.4 Å². The van der Waals surface area contributed by atoms with Crippen molar-refractivity contribution in [2.24, 2.45) is 0 Å². The molecule has 1 aliphatic heterocycles. The van der Waals surface area contributed by atoms with Crippen LogP contribution in [0.25, 0.3) is 0 Å². The Morgan fingerprint density at radius 2 is 2.07 bits per heavy atom. The van der Waals surface area contributed by atoms with E-state index in [1.165, 1.54) is 24.0 Å². The van der Waals surface area contributed by atoms with Crippen molar-refractivity contribution in [2.45, 2.75) is 19.4 Å². The van der Waals surface area contributed by atoms with Crippen molar-refractivity contribution in [1.29, 1.82) is 5.26 Å². The number of ether oxygens (including phenoxy) is 1. The summed E-state index contributed by atoms with van der Waals surface area (Å²) in [6, 6.07) is 11.5. The minimum absolute atomic E-state index is 0.0997. The van der Waals surface area contributed by atoms with Crippen LogP contribution >= 0.6 is 0 Å². The first-order valence-corrected chi connectivity index (χ1v) is 8.85. The molecule has 0 saturated heterocycles. The second kappa shape index (κ2) is 7.56. The zero-order valence-electron chi connectivity index (χ0n) is 16.0. The molecule has 2 aromatic rings. The Morgan fingerprint density at radius 1 is 1.36 bits per heavy atom. The minimum Gasteiger partial charge on any atom is -0.464 e. The molecular formula is C20H21N5O3. The highest BCUT2D eigenvalue weighted by molar-refractivity contribution is 6.04. The second-order valence-electron chi connectivity index (χ2n) is 6.46. The Balaban J connectivity index is 2.20. The number of hydrogen-bond acceptors (Lipinski definition) is 7. The predicted octanol–water partition coefficient (Wildman–Crippen LogP) is 2.05. The number of Topliss-reactive ketones (excluding diaryl/α,β-unsaturated/α-hetero) is 1. The number of rotatable bonds is 6. The Labute approximate surface area is 163 Å². The van der Waals surface area contributed by atoms with Gasteiger partial charge in [0, 0.05) is 18.9 Å². The van der Waals surface area contributed by atoms with Gasteiger partial charge in [-0.15, -0.1) is 0 Å². The number of fused-ring (bicyclic) bond motifs is 1. The summed E-state index contributed by atoms with van der Waals surface area (Å²) < 4.78 is 6.76. The number of hydrogen-bond donors (Lipinski definition) is 1. The maximum atomic E-state index is 13.2. The van der Waals surface area contributed by atoms with Gasteiger partial charge in [-0.05, 0) is 26.0 Å². The number of carbonyl (C=O) groups excluding carboxylic acids is 2. The van der Waals surface area contributed by atoms with Crippen LogP contribution in [-0.4, -0.2) is 41.7 Å². The number of nitriles is 1. The van der Waals surface area contributed by atoms with E-state index in [9.17, 15) is 14.9 Å². The van der Waals surface area contributed by atoms with Crippen LogP contribution in [0.1, 0.15) is 19.4 Å². The Morgan fingerprint density at radius 3 is 2.68 bits per heavy atom. The molecule has 0 radical (unpaired) electrons. The average molecular weight is 379 g/mol. The lowest BCUT2D eigenvalue weighted by molar-refractivity contribution is -0.152. The van der Waals surface area contributed by atoms with Crippen LogP contribution in [0.4, 0.5) is 11.5 Å². The van der Waals surface area contributed by atoms with E-state index in [1.807, 2.05) is 48.3 Å². The molecule has 0 unspecified atom stereocenters. The topological polar surface area (TPSA) is 100 Å². The maximum Gasteiger partial charge on any atom is 0.340 e. The van der Waals surface area contributed by atoms with E-state index in [0.29, 0.717) is 5.82 Å². The van der Waals surface area contributed by atoms with Crippen molar-refractivity contribution in [1.82, 2.24) is 9.78 Å². The number of carbonyl (C=O) groups is 2. The highest BCUT2D eigenvalue weighted by Gasteiger charge is 2.52. The van der Waals surface area contributed by atoms with Crippen molar-refractivity contribution in [3.63, 3.8) is 0 Å². The number of nitrogens with one attached hydrogen (secondary N) is 1. The molecule has 1 aromatic carbocycles. The number of benzene rings is 1. The highest BCUT2D eigenvalue weighted by atomic mass is 16.5. The standard InChI is InChI=1S/C20H21N5O3/c1-4-28-19(27)20(13-24(3)16-8-6-5-7-9-16)17(14(2)26)12-22-18-15(10-21)11-23-25(18)20/h5-9,11-12,22H,4,13H2,1-3H3/t20-/m1/s1. The molecule has 1 N–H and O–H groups in total. The summed E-state index contributed by atoms with van der Waals surface area (Å²) in [6.45, 7) is 3.34. The predicted molar refractivity (Wildman–Crippen MR) is 104 cm³/mol. The quantitative estimate of drug-likeness (QED) is 0.767. The summed E-state index contributed by atoms with van der Waals surface area (Å²) in [5.41, 5.74) is -0.173. The molecule has 1 aromatic heterocycles. The SMILES string of the molecule is CCOC(=O)[C@@]1(CN(C)c2ccccc2)C(C(C)=O)=CNc2c(C#N)cnn21. The number of esters is 1. The molecule has 0 aliphatic carbocycles. The number of nitrogens with zero attached hydrogens (tertiary/aromatic N) is 4. The Kier molecular flexibility index (Phi) is 5.18. The van der Waals surface area contributed by atoms with Gasteiger partial charge in [0.15, 0.2) is 5.78 Å². The monoisotopic (exact) mass is 379 g/mol. The van der Waals surface area contributed by atoms with Crippen molar-refractivity contribution >= 4 is 23.3 Å². The molecule has 0 amide bonds. The fourth-order valence-corrected chi connectivity index (χ4v) is 3.41. The number of para-hydroxylation sites is 1. The van der Waals surface area contributed by atoms with E-state index >= 15 is 0 Å². The van der Waals surface area contributed by atoms with Gasteiger partial charge in [-0.1, -0.05) is 18.2 Å². The van der Waals surface area contributed by atoms with Crippen LogP contribution in [0.5, 0.6) is 0 Å². The van der Waals surface area contributed by atoms with Crippen LogP contribution < -0.4 is 10.2 Å². The molecule has 3 rings (SSSR count). The molecular weight excluding hydrogens is 358 g/mol. The van der Waals surface area contributed by atoms with Gasteiger partial charge in [-0.3, -0.25) is 4.79 Å². The molecule has 0 bridgehead atoms. The molecule has 1 atom stereocenters. The lowest BCUT2D eigenvalue weighted by atomic mass is 9.85. The van der Waals surface area contributed by atoms with Gasteiger partial charge in [-0.25, -0.2) is 9.48 Å². The van der Waals surface area contributed by atoms with Crippen LogP contribution in [-0.2, 0) is 19.9 Å². The normalized spacial score (nSPS) is 17.6. The van der Waals surface area contributed by atoms with E-state index in [1.54, 1.807) is 6.92 Å². The largest absolute Gasteiger partial charge is 0.464 e. The van der Waals surface area contributed by atoms with Crippen LogP contribution in [0.15, 0.2) is 48.3 Å². The molecule has 144 valence electrons. The lowest BCUT2D eigenvalue weighted by Gasteiger charge is -2.39. The Hall–Kier alpha value is -3.60. The van der Waals surface area contributed by atoms with E-state index in [0.717, 1.165) is 5.69 Å². The van der Waals surface area contributed by atoms with E-state index in [4.69, 9.17) is 4.74 Å². The molecule has 8 heteroatoms. The molecule has 28 heavy (non-hydrogen) atoms. The number of likely N-dealkylation sites (N-methyl/N-ethyl adjacent to an activating group) is 1. The first kappa shape index (κ1) is 19.2. The molecule has 8 nitrogen and oxygen atoms in total. The summed E-state index contributed by atoms with van der Waals surface area (Å²) >= 11 is 0. The van der Waals surface area contributed by atoms with Crippen LogP contribution in [0.2, 0.25) is 0 Å². The van der Waals surface area contributed by atoms with E-state index < -0.39 is 11.5 Å². The number of anilines is 2. The molecule has 0 spiro atoms. The highest BCUT2D eigenvalue weighted by Crippen LogP contribution is 2.37. The third-order valence-corrected chi connectivity index (χ3v) is 4.71. The maximum absolute atomic E-state index is 13.2. The fourth-order valence-electron chi connectivity index (χ4n) is 3.41. The first-order valence-electron chi connectivity index (χ1n) is 8.85. The third kappa shape index (κ3) is 3.01. The molecule has 1 aliphatic rings. The van der Waals surface area contributed by atoms with Crippen molar-refractivity contribution in [3.8, 4) is 6.07 Å². The summed E-state index contributed by atoms with van der Waals surface area (Å²) in [4.78, 5) is 27.6. The van der Waals surface area contributed by atoms with E-state index in [-0.39, 0.29) is 30.1 Å². The van der Waals surface area contributed by atoms with Gasteiger partial charge in [0.2, 0.25) is 5.54 Å². The molecule has 0 saturated carbocycles. The third-order valence-electron chi connectivity index (χ3n) is 4.71. The van der Waals surface area contributed by atoms with Gasteiger partial charge in [-0.2, -0.15) is 10.4 Å². The summed E-state index contributed by atoms with van der Waals surface area (Å²) in [5.74, 6) is -0.543. The van der Waals surface area contributed by atoms with E-state index in [2.05, 4.69) is 10.4 Å². The van der Waals surface area contributed by atoms with Gasteiger partial charge in [0.25, 0.3) is 0 Å². The summed E-state index contributed by atoms with van der Waals surface area (Å²) in [6.07, 6.45) is 2.84. The lowest BCUT2D eigenvalue weighted by Crippen LogP contribution is -2.56. The zero-order chi connectivity index (χ0) is 20.3. The van der Waals surface area contributed by atoms with Gasteiger partial charge in [0.1, 0.15) is 17.5 Å². The minimum atomic E-state index is -1.53. The van der Waals surface area contributed by atoms with Crippen molar-refractivity contribution < 1.29 is 14.3 Å². The van der Waals surface area contributed by atoms with Gasteiger partial charge in [0.05, 0.1) is 24.9 Å². The number of aromatic nitrogens is 2. The molecule has 0 fully saturated rings. The Bertz CT molecular complexity index is 973. The number of ketones is 1. The zero-order valence-corrected chi connectivity index (χ0v) is 16.0. The average Bonchev–Trinajstić information content (AvgIpc) is 3.12. The first-order chi connectivity index (χ1) is 13.5. The van der Waals surface area contributed by atoms with Crippen LogP contribution in [0, 0.1) is 11.3 Å². The van der Waals surface area contributed by atoms with Gasteiger partial charge >= 0.3 is 5.97 Å². The molecule has 2 heterocycles. The summed E-state index contributed by atoms with van der Waals surface area (Å²) in [5, 5.41) is 16.6. The smallest absolute Gasteiger partial charge is 0.340 e. The van der Waals surface area contributed by atoms with Crippen molar-refractivity contribution in [3.05, 3.63) is 53.9 Å². The van der Waals surface area contributed by atoms with Gasteiger partial charge < -0.3 is 15.0 Å². The second-order valence-corrected chi connectivity index (χ2v) is 6.46.